The molecule has 21 heavy (non-hydrogen) atoms. The number of benzene rings is 1. The third-order valence-corrected chi connectivity index (χ3v) is 4.90. The van der Waals surface area contributed by atoms with E-state index in [0.717, 1.165) is 42.2 Å². The molecule has 0 saturated carbocycles. The Labute approximate surface area is 128 Å². The van der Waals surface area contributed by atoms with E-state index in [1.165, 1.54) is 0 Å². The van der Waals surface area contributed by atoms with Crippen LogP contribution in [0, 0.1) is 5.41 Å². The van der Waals surface area contributed by atoms with Gasteiger partial charge in [-0.1, -0.05) is 6.92 Å². The molecule has 4 nitrogen and oxygen atoms in total. The van der Waals surface area contributed by atoms with Crippen molar-refractivity contribution in [3.63, 3.8) is 0 Å². The van der Waals surface area contributed by atoms with E-state index >= 15 is 0 Å². The Balaban J connectivity index is 1.69. The number of anilines is 1. The van der Waals surface area contributed by atoms with E-state index in [2.05, 4.69) is 15.6 Å². The smallest absolute Gasteiger partial charge is 0.230 e. The van der Waals surface area contributed by atoms with E-state index in [9.17, 15) is 4.79 Å². The Morgan fingerprint density at radius 3 is 2.62 bits per heavy atom. The lowest BCUT2D eigenvalue weighted by atomic mass is 9.80. The molecule has 0 aliphatic carbocycles. The lowest BCUT2D eigenvalue weighted by Crippen LogP contribution is -2.42. The number of nitrogens with one attached hydrogen (secondary N) is 2. The first kappa shape index (κ1) is 14.2. The van der Waals surface area contributed by atoms with Gasteiger partial charge in [-0.3, -0.25) is 4.79 Å². The molecular formula is C16H19N3OS. The SMILES string of the molecule is CC1(C(=O)Nc2ccc(-c3nccs3)cc2)CCNCC1. The average molecular weight is 301 g/mol. The summed E-state index contributed by atoms with van der Waals surface area (Å²) in [7, 11) is 0. The fraction of sp³-hybridized carbons (Fsp3) is 0.375. The minimum atomic E-state index is -0.265. The Kier molecular flexibility index (Phi) is 4.03. The van der Waals surface area contributed by atoms with Crippen molar-refractivity contribution in [2.45, 2.75) is 19.8 Å². The monoisotopic (exact) mass is 301 g/mol. The van der Waals surface area contributed by atoms with Gasteiger partial charge in [-0.2, -0.15) is 0 Å². The van der Waals surface area contributed by atoms with Crippen LogP contribution in [-0.4, -0.2) is 24.0 Å². The van der Waals surface area contributed by atoms with E-state index in [4.69, 9.17) is 0 Å². The molecule has 1 saturated heterocycles. The molecule has 0 bridgehead atoms. The highest BCUT2D eigenvalue weighted by molar-refractivity contribution is 7.13. The van der Waals surface area contributed by atoms with Crippen LogP contribution in [-0.2, 0) is 4.79 Å². The number of piperidine rings is 1. The van der Waals surface area contributed by atoms with Gasteiger partial charge in [-0.25, -0.2) is 4.98 Å². The normalized spacial score (nSPS) is 17.4. The van der Waals surface area contributed by atoms with Crippen LogP contribution < -0.4 is 10.6 Å². The topological polar surface area (TPSA) is 54.0 Å². The molecule has 1 amide bonds. The third-order valence-electron chi connectivity index (χ3n) is 4.08. The summed E-state index contributed by atoms with van der Waals surface area (Å²) < 4.78 is 0. The molecule has 1 aliphatic heterocycles. The Hall–Kier alpha value is -1.72. The number of nitrogens with zero attached hydrogens (tertiary/aromatic N) is 1. The number of thiazole rings is 1. The van der Waals surface area contributed by atoms with Gasteiger partial charge >= 0.3 is 0 Å². The lowest BCUT2D eigenvalue weighted by Gasteiger charge is -2.32. The van der Waals surface area contributed by atoms with E-state index in [1.54, 1.807) is 17.5 Å². The van der Waals surface area contributed by atoms with Gasteiger partial charge in [0.05, 0.1) is 0 Å². The average Bonchev–Trinajstić information content (AvgIpc) is 3.03. The fourth-order valence-electron chi connectivity index (χ4n) is 2.55. The molecule has 1 aromatic carbocycles. The highest BCUT2D eigenvalue weighted by Crippen LogP contribution is 2.30. The van der Waals surface area contributed by atoms with Gasteiger partial charge in [0.15, 0.2) is 0 Å². The van der Waals surface area contributed by atoms with Crippen molar-refractivity contribution in [2.75, 3.05) is 18.4 Å². The van der Waals surface area contributed by atoms with E-state index in [-0.39, 0.29) is 11.3 Å². The van der Waals surface area contributed by atoms with Crippen molar-refractivity contribution in [1.82, 2.24) is 10.3 Å². The molecule has 0 radical (unpaired) electrons. The van der Waals surface area contributed by atoms with Crippen molar-refractivity contribution < 1.29 is 4.79 Å². The number of carbonyl (C=O) groups is 1. The van der Waals surface area contributed by atoms with Crippen LogP contribution in [0.15, 0.2) is 35.8 Å². The lowest BCUT2D eigenvalue weighted by molar-refractivity contribution is -0.126. The van der Waals surface area contributed by atoms with E-state index in [0.29, 0.717) is 0 Å². The fourth-order valence-corrected chi connectivity index (χ4v) is 3.19. The molecule has 3 rings (SSSR count). The van der Waals surface area contributed by atoms with Gasteiger partial charge in [0.25, 0.3) is 0 Å². The Morgan fingerprint density at radius 1 is 1.29 bits per heavy atom. The predicted molar refractivity (Wildman–Crippen MR) is 86.4 cm³/mol. The maximum absolute atomic E-state index is 12.5. The van der Waals surface area contributed by atoms with Crippen LogP contribution in [0.5, 0.6) is 0 Å². The second-order valence-electron chi connectivity index (χ2n) is 5.68. The number of hydrogen-bond donors (Lipinski definition) is 2. The summed E-state index contributed by atoms with van der Waals surface area (Å²) in [6.45, 7) is 3.87. The summed E-state index contributed by atoms with van der Waals surface area (Å²) in [5.74, 6) is 0.117. The van der Waals surface area contributed by atoms with Crippen LogP contribution in [0.3, 0.4) is 0 Å². The van der Waals surface area contributed by atoms with Crippen LogP contribution in [0.4, 0.5) is 5.69 Å². The minimum Gasteiger partial charge on any atom is -0.326 e. The van der Waals surface area contributed by atoms with Crippen LogP contribution in [0.2, 0.25) is 0 Å². The number of hydrogen-bond acceptors (Lipinski definition) is 4. The Morgan fingerprint density at radius 2 is 2.00 bits per heavy atom. The zero-order valence-corrected chi connectivity index (χ0v) is 12.9. The molecule has 110 valence electrons. The highest BCUT2D eigenvalue weighted by Gasteiger charge is 2.34. The molecule has 0 atom stereocenters. The first-order valence-corrected chi connectivity index (χ1v) is 8.07. The summed E-state index contributed by atoms with van der Waals surface area (Å²) in [6.07, 6.45) is 3.57. The van der Waals surface area contributed by atoms with Gasteiger partial charge in [-0.15, -0.1) is 11.3 Å². The van der Waals surface area contributed by atoms with Crippen molar-refractivity contribution in [3.8, 4) is 10.6 Å². The molecule has 2 aromatic rings. The summed E-state index contributed by atoms with van der Waals surface area (Å²) in [6, 6.07) is 7.89. The highest BCUT2D eigenvalue weighted by atomic mass is 32.1. The summed E-state index contributed by atoms with van der Waals surface area (Å²) in [4.78, 5) is 16.7. The van der Waals surface area contributed by atoms with Gasteiger partial charge in [0, 0.05) is 28.2 Å². The maximum Gasteiger partial charge on any atom is 0.230 e. The van der Waals surface area contributed by atoms with Crippen LogP contribution in [0.25, 0.3) is 10.6 Å². The largest absolute Gasteiger partial charge is 0.326 e. The first-order valence-electron chi connectivity index (χ1n) is 7.19. The van der Waals surface area contributed by atoms with Gasteiger partial charge < -0.3 is 10.6 Å². The van der Waals surface area contributed by atoms with Gasteiger partial charge in [0.1, 0.15) is 5.01 Å². The third kappa shape index (κ3) is 3.14. The first-order chi connectivity index (χ1) is 10.2. The molecular weight excluding hydrogens is 282 g/mol. The molecule has 5 heteroatoms. The van der Waals surface area contributed by atoms with Gasteiger partial charge in [0.2, 0.25) is 5.91 Å². The second-order valence-corrected chi connectivity index (χ2v) is 6.57. The predicted octanol–water partition coefficient (Wildman–Crippen LogP) is 3.14. The Bertz CT molecular complexity index is 601. The number of rotatable bonds is 3. The number of carbonyl (C=O) groups excluding carboxylic acids is 1. The zero-order chi connectivity index (χ0) is 14.7. The number of amides is 1. The number of aromatic nitrogens is 1. The van der Waals surface area contributed by atoms with Gasteiger partial charge in [-0.05, 0) is 50.2 Å². The van der Waals surface area contributed by atoms with Crippen LogP contribution in [0.1, 0.15) is 19.8 Å². The molecule has 1 aliphatic rings. The van der Waals surface area contributed by atoms with Crippen molar-refractivity contribution in [3.05, 3.63) is 35.8 Å². The molecule has 0 spiro atoms. The molecule has 2 heterocycles. The maximum atomic E-state index is 12.5. The molecule has 2 N–H and O–H groups in total. The van der Waals surface area contributed by atoms with Crippen molar-refractivity contribution in [1.29, 1.82) is 0 Å². The van der Waals surface area contributed by atoms with Crippen molar-refractivity contribution >= 4 is 22.9 Å². The summed E-state index contributed by atoms with van der Waals surface area (Å²) in [5.41, 5.74) is 1.66. The summed E-state index contributed by atoms with van der Waals surface area (Å²) in [5, 5.41) is 9.30. The molecule has 1 fully saturated rings. The van der Waals surface area contributed by atoms with E-state index in [1.807, 2.05) is 36.6 Å². The van der Waals surface area contributed by atoms with Crippen LogP contribution >= 0.6 is 11.3 Å². The second kappa shape index (κ2) is 5.95. The molecule has 1 aromatic heterocycles. The minimum absolute atomic E-state index is 0.117. The standard InChI is InChI=1S/C16H19N3OS/c1-16(6-8-17-9-7-16)15(20)19-13-4-2-12(3-5-13)14-18-10-11-21-14/h2-5,10-11,17H,6-9H2,1H3,(H,19,20). The molecule has 0 unspecified atom stereocenters. The quantitative estimate of drug-likeness (QED) is 0.915. The zero-order valence-electron chi connectivity index (χ0n) is 12.1. The van der Waals surface area contributed by atoms with Crippen molar-refractivity contribution in [2.24, 2.45) is 5.41 Å². The summed E-state index contributed by atoms with van der Waals surface area (Å²) >= 11 is 1.61. The van der Waals surface area contributed by atoms with E-state index < -0.39 is 0 Å².